The van der Waals surface area contributed by atoms with E-state index in [4.69, 9.17) is 21.1 Å². The topological polar surface area (TPSA) is 87.7 Å². The van der Waals surface area contributed by atoms with E-state index in [9.17, 15) is 9.59 Å². The van der Waals surface area contributed by atoms with E-state index >= 15 is 0 Å². The van der Waals surface area contributed by atoms with Gasteiger partial charge < -0.3 is 13.9 Å². The van der Waals surface area contributed by atoms with Crippen molar-refractivity contribution in [3.8, 4) is 5.75 Å². The van der Waals surface area contributed by atoms with E-state index in [2.05, 4.69) is 10.1 Å². The molecule has 33 heavy (non-hydrogen) atoms. The maximum atomic E-state index is 13.0. The molecule has 1 aliphatic rings. The van der Waals surface area contributed by atoms with Gasteiger partial charge in [-0.05, 0) is 37.8 Å². The predicted octanol–water partition coefficient (Wildman–Crippen LogP) is 3.81. The monoisotopic (exact) mass is 466 g/mol. The van der Waals surface area contributed by atoms with Gasteiger partial charge in [0.15, 0.2) is 5.75 Å². The second-order valence-electron chi connectivity index (χ2n) is 8.37. The SMILES string of the molecule is COC(=O)C(C)c1nn(Cc2cn3cc(OCC4CC4)c(Cl)cc3n2)c2ccccc2c1=O. The average Bonchev–Trinajstić information content (AvgIpc) is 3.57. The molecule has 1 aromatic carbocycles. The van der Waals surface area contributed by atoms with Crippen LogP contribution < -0.4 is 10.2 Å². The molecule has 0 radical (unpaired) electrons. The van der Waals surface area contributed by atoms with E-state index in [1.54, 1.807) is 29.8 Å². The molecule has 0 spiro atoms. The van der Waals surface area contributed by atoms with Crippen LogP contribution in [0.25, 0.3) is 16.6 Å². The minimum absolute atomic E-state index is 0.142. The number of hydrogen-bond donors (Lipinski definition) is 0. The number of rotatable bonds is 7. The lowest BCUT2D eigenvalue weighted by Crippen LogP contribution is -2.25. The Hall–Kier alpha value is -3.39. The Morgan fingerprint density at radius 2 is 2.06 bits per heavy atom. The number of esters is 1. The van der Waals surface area contributed by atoms with Gasteiger partial charge >= 0.3 is 5.97 Å². The second kappa shape index (κ2) is 8.51. The molecule has 0 bridgehead atoms. The number of ether oxygens (including phenoxy) is 2. The number of para-hydroxylation sites is 1. The highest BCUT2D eigenvalue weighted by atomic mass is 35.5. The summed E-state index contributed by atoms with van der Waals surface area (Å²) >= 11 is 6.40. The number of carbonyl (C=O) groups excluding carboxylic acids is 1. The maximum absolute atomic E-state index is 13.0. The fourth-order valence-electron chi connectivity index (χ4n) is 3.82. The minimum Gasteiger partial charge on any atom is -0.490 e. The average molecular weight is 467 g/mol. The Morgan fingerprint density at radius 3 is 2.82 bits per heavy atom. The molecule has 0 aliphatic heterocycles. The number of halogens is 1. The van der Waals surface area contributed by atoms with Crippen molar-refractivity contribution < 1.29 is 14.3 Å². The Morgan fingerprint density at radius 1 is 1.27 bits per heavy atom. The van der Waals surface area contributed by atoms with Crippen LogP contribution in [0.2, 0.25) is 5.02 Å². The molecular weight excluding hydrogens is 444 g/mol. The van der Waals surface area contributed by atoms with Crippen molar-refractivity contribution in [2.45, 2.75) is 32.2 Å². The summed E-state index contributed by atoms with van der Waals surface area (Å²) in [5.74, 6) is -0.0514. The molecule has 1 saturated carbocycles. The van der Waals surface area contributed by atoms with Gasteiger partial charge in [0.05, 0.1) is 42.7 Å². The molecule has 0 amide bonds. The summed E-state index contributed by atoms with van der Waals surface area (Å²) in [4.78, 5) is 29.8. The third-order valence-corrected chi connectivity index (χ3v) is 6.19. The summed E-state index contributed by atoms with van der Waals surface area (Å²) < 4.78 is 14.3. The normalized spacial score (nSPS) is 14.5. The van der Waals surface area contributed by atoms with Crippen LogP contribution in [0.1, 0.15) is 37.1 Å². The van der Waals surface area contributed by atoms with Gasteiger partial charge in [-0.15, -0.1) is 0 Å². The van der Waals surface area contributed by atoms with Gasteiger partial charge in [-0.3, -0.25) is 14.3 Å². The predicted molar refractivity (Wildman–Crippen MR) is 124 cm³/mol. The number of hydrogen-bond acceptors (Lipinski definition) is 6. The molecule has 1 atom stereocenters. The summed E-state index contributed by atoms with van der Waals surface area (Å²) in [6.07, 6.45) is 6.11. The second-order valence-corrected chi connectivity index (χ2v) is 8.78. The Bertz CT molecular complexity index is 1420. The number of nitrogens with zero attached hydrogens (tertiary/aromatic N) is 4. The van der Waals surface area contributed by atoms with E-state index in [1.165, 1.54) is 20.0 Å². The fraction of sp³-hybridized carbons (Fsp3) is 0.333. The van der Waals surface area contributed by atoms with Gasteiger partial charge in [-0.25, -0.2) is 4.98 Å². The molecule has 4 aromatic rings. The van der Waals surface area contributed by atoms with Crippen LogP contribution in [0.4, 0.5) is 0 Å². The molecule has 1 fully saturated rings. The zero-order valence-corrected chi connectivity index (χ0v) is 19.1. The number of methoxy groups -OCH3 is 1. The van der Waals surface area contributed by atoms with Crippen LogP contribution in [0.15, 0.2) is 47.5 Å². The summed E-state index contributed by atoms with van der Waals surface area (Å²) in [5.41, 5.74) is 1.93. The lowest BCUT2D eigenvalue weighted by atomic mass is 10.1. The first-order valence-corrected chi connectivity index (χ1v) is 11.2. The molecule has 9 heteroatoms. The number of pyridine rings is 1. The lowest BCUT2D eigenvalue weighted by molar-refractivity contribution is -0.142. The molecule has 3 aromatic heterocycles. The van der Waals surface area contributed by atoms with Crippen molar-refractivity contribution in [1.29, 1.82) is 0 Å². The molecule has 1 unspecified atom stereocenters. The molecular formula is C24H23ClN4O4. The van der Waals surface area contributed by atoms with Gasteiger partial charge in [0, 0.05) is 17.6 Å². The van der Waals surface area contributed by atoms with Crippen molar-refractivity contribution in [2.75, 3.05) is 13.7 Å². The number of aromatic nitrogens is 4. The van der Waals surface area contributed by atoms with Crippen LogP contribution in [0.3, 0.4) is 0 Å². The molecule has 8 nitrogen and oxygen atoms in total. The highest BCUT2D eigenvalue weighted by Crippen LogP contribution is 2.32. The molecule has 0 saturated heterocycles. The number of fused-ring (bicyclic) bond motifs is 2. The minimum atomic E-state index is -0.788. The fourth-order valence-corrected chi connectivity index (χ4v) is 4.02. The molecule has 3 heterocycles. The lowest BCUT2D eigenvalue weighted by Gasteiger charge is -2.14. The van der Waals surface area contributed by atoms with E-state index < -0.39 is 11.9 Å². The zero-order valence-electron chi connectivity index (χ0n) is 18.3. The molecule has 170 valence electrons. The largest absolute Gasteiger partial charge is 0.490 e. The number of imidazole rings is 1. The summed E-state index contributed by atoms with van der Waals surface area (Å²) in [7, 11) is 1.29. The quantitative estimate of drug-likeness (QED) is 0.385. The third kappa shape index (κ3) is 4.18. The first-order chi connectivity index (χ1) is 15.9. The Kier molecular flexibility index (Phi) is 5.54. The Balaban J connectivity index is 1.53. The van der Waals surface area contributed by atoms with Crippen LogP contribution in [0.5, 0.6) is 5.75 Å². The maximum Gasteiger partial charge on any atom is 0.314 e. The van der Waals surface area contributed by atoms with Gasteiger partial charge in [0.1, 0.15) is 17.3 Å². The summed E-state index contributed by atoms with van der Waals surface area (Å²) in [5, 5.41) is 5.53. The molecule has 0 N–H and O–H groups in total. The summed E-state index contributed by atoms with van der Waals surface area (Å²) in [6, 6.07) is 8.96. The highest BCUT2D eigenvalue weighted by Gasteiger charge is 2.24. The van der Waals surface area contributed by atoms with Crippen LogP contribution in [-0.2, 0) is 16.1 Å². The van der Waals surface area contributed by atoms with E-state index in [1.807, 2.05) is 28.9 Å². The smallest absolute Gasteiger partial charge is 0.314 e. The van der Waals surface area contributed by atoms with Crippen molar-refractivity contribution in [3.05, 3.63) is 69.4 Å². The third-order valence-electron chi connectivity index (χ3n) is 5.89. The Labute approximate surface area is 194 Å². The summed E-state index contributed by atoms with van der Waals surface area (Å²) in [6.45, 7) is 2.59. The van der Waals surface area contributed by atoms with Gasteiger partial charge in [0.25, 0.3) is 0 Å². The van der Waals surface area contributed by atoms with Gasteiger partial charge in [0.2, 0.25) is 5.43 Å². The zero-order chi connectivity index (χ0) is 23.1. The van der Waals surface area contributed by atoms with Crippen molar-refractivity contribution in [2.24, 2.45) is 5.92 Å². The standard InChI is InChI=1S/C24H23ClN4O4/c1-14(24(31)32-2)22-23(30)17-5-3-4-6-19(17)29(27-22)11-16-10-28-12-20(33-13-15-7-8-15)18(25)9-21(28)26-16/h3-6,9-10,12,14-15H,7-8,11,13H2,1-2H3. The van der Waals surface area contributed by atoms with Crippen LogP contribution >= 0.6 is 11.6 Å². The number of benzene rings is 1. The molecule has 1 aliphatic carbocycles. The first kappa shape index (κ1) is 21.5. The van der Waals surface area contributed by atoms with Crippen molar-refractivity contribution >= 4 is 34.1 Å². The molecule has 5 rings (SSSR count). The number of carbonyl (C=O) groups is 1. The van der Waals surface area contributed by atoms with Crippen LogP contribution in [-0.4, -0.2) is 38.9 Å². The van der Waals surface area contributed by atoms with Crippen molar-refractivity contribution in [1.82, 2.24) is 19.2 Å². The van der Waals surface area contributed by atoms with Crippen molar-refractivity contribution in [3.63, 3.8) is 0 Å². The van der Waals surface area contributed by atoms with E-state index in [-0.39, 0.29) is 11.1 Å². The van der Waals surface area contributed by atoms with Crippen LogP contribution in [0, 0.1) is 5.92 Å². The van der Waals surface area contributed by atoms with Gasteiger partial charge in [-0.1, -0.05) is 23.7 Å². The highest BCUT2D eigenvalue weighted by molar-refractivity contribution is 6.32. The van der Waals surface area contributed by atoms with E-state index in [0.29, 0.717) is 46.4 Å². The van der Waals surface area contributed by atoms with Gasteiger partial charge in [-0.2, -0.15) is 5.10 Å². The first-order valence-electron chi connectivity index (χ1n) is 10.8. The van der Waals surface area contributed by atoms with E-state index in [0.717, 1.165) is 5.69 Å².